The first kappa shape index (κ1) is 25.2. The van der Waals surface area contributed by atoms with E-state index in [9.17, 15) is 19.5 Å². The minimum Gasteiger partial charge on any atom is -0.503 e. The minimum absolute atomic E-state index is 0.000145. The second-order valence-electron chi connectivity index (χ2n) is 8.93. The molecule has 1 aliphatic heterocycles. The van der Waals surface area contributed by atoms with Crippen LogP contribution in [0.3, 0.4) is 0 Å². The first-order valence-electron chi connectivity index (χ1n) is 11.9. The number of furan rings is 1. The Bertz CT molecular complexity index is 1570. The van der Waals surface area contributed by atoms with E-state index in [1.165, 1.54) is 4.90 Å². The second kappa shape index (κ2) is 9.79. The van der Waals surface area contributed by atoms with Crippen molar-refractivity contribution >= 4 is 50.8 Å². The number of aliphatic hydroxyl groups is 1. The zero-order valence-corrected chi connectivity index (χ0v) is 22.0. The number of carbonyl (C=O) groups is 3. The number of fused-ring (bicyclic) bond motifs is 1. The van der Waals surface area contributed by atoms with Gasteiger partial charge in [-0.05, 0) is 43.7 Å². The maximum Gasteiger partial charge on any atom is 0.350 e. The fourth-order valence-electron chi connectivity index (χ4n) is 4.40. The average molecular weight is 532 g/mol. The number of benzene rings is 2. The minimum atomic E-state index is -1.000. The molecular weight excluding hydrogens is 506 g/mol. The van der Waals surface area contributed by atoms with Crippen molar-refractivity contribution in [1.29, 1.82) is 0 Å². The van der Waals surface area contributed by atoms with Crippen LogP contribution in [0.2, 0.25) is 0 Å². The van der Waals surface area contributed by atoms with Crippen LogP contribution in [0.15, 0.2) is 70.3 Å². The number of rotatable bonds is 7. The highest BCUT2D eigenvalue weighted by Gasteiger charge is 2.47. The summed E-state index contributed by atoms with van der Waals surface area (Å²) in [5.74, 6) is -2.66. The molecule has 2 aromatic carbocycles. The smallest absolute Gasteiger partial charge is 0.350 e. The zero-order valence-electron chi connectivity index (χ0n) is 21.2. The predicted molar refractivity (Wildman–Crippen MR) is 144 cm³/mol. The highest BCUT2D eigenvalue weighted by molar-refractivity contribution is 7.17. The summed E-state index contributed by atoms with van der Waals surface area (Å²) >= 11 is 0.969. The number of esters is 1. The van der Waals surface area contributed by atoms with Crippen LogP contribution in [0, 0.1) is 6.92 Å². The topological polar surface area (TPSA) is 113 Å². The zero-order chi connectivity index (χ0) is 27.1. The molecule has 1 aliphatic rings. The maximum atomic E-state index is 13.8. The second-order valence-corrected chi connectivity index (χ2v) is 9.91. The summed E-state index contributed by atoms with van der Waals surface area (Å²) in [6.45, 7) is 3.53. The van der Waals surface area contributed by atoms with Crippen molar-refractivity contribution in [3.63, 3.8) is 0 Å². The van der Waals surface area contributed by atoms with Crippen molar-refractivity contribution in [1.82, 2.24) is 4.98 Å². The van der Waals surface area contributed by atoms with Crippen LogP contribution < -0.4 is 9.80 Å². The summed E-state index contributed by atoms with van der Waals surface area (Å²) in [5, 5.41) is 11.9. The van der Waals surface area contributed by atoms with Crippen LogP contribution in [0.5, 0.6) is 0 Å². The van der Waals surface area contributed by atoms with E-state index in [1.807, 2.05) is 43.3 Å². The van der Waals surface area contributed by atoms with E-state index in [0.717, 1.165) is 22.4 Å². The number of aryl methyl sites for hydroxylation is 1. The van der Waals surface area contributed by atoms with Crippen molar-refractivity contribution in [3.8, 4) is 0 Å². The van der Waals surface area contributed by atoms with Gasteiger partial charge in [0.25, 0.3) is 5.91 Å². The number of hydrogen-bond donors (Lipinski definition) is 1. The highest BCUT2D eigenvalue weighted by Crippen LogP contribution is 2.44. The summed E-state index contributed by atoms with van der Waals surface area (Å²) in [4.78, 5) is 47.6. The van der Waals surface area contributed by atoms with Gasteiger partial charge in [0.1, 0.15) is 10.5 Å². The Hall–Kier alpha value is -4.44. The first-order valence-corrected chi connectivity index (χ1v) is 12.7. The fraction of sp³-hybridized carbons (Fsp3) is 0.214. The van der Waals surface area contributed by atoms with Gasteiger partial charge in [-0.15, -0.1) is 0 Å². The van der Waals surface area contributed by atoms with E-state index in [1.54, 1.807) is 44.2 Å². The van der Waals surface area contributed by atoms with Gasteiger partial charge in [0.05, 0.1) is 23.9 Å². The molecule has 0 fully saturated rings. The van der Waals surface area contributed by atoms with E-state index in [-0.39, 0.29) is 27.9 Å². The quantitative estimate of drug-likeness (QED) is 0.255. The van der Waals surface area contributed by atoms with Crippen LogP contribution in [-0.2, 0) is 9.53 Å². The van der Waals surface area contributed by atoms with E-state index in [0.29, 0.717) is 16.8 Å². The van der Waals surface area contributed by atoms with Crippen LogP contribution in [0.1, 0.15) is 44.4 Å². The van der Waals surface area contributed by atoms with Gasteiger partial charge in [-0.2, -0.15) is 0 Å². The molecule has 0 saturated heterocycles. The Morgan fingerprint density at radius 1 is 1.16 bits per heavy atom. The maximum absolute atomic E-state index is 13.8. The lowest BCUT2D eigenvalue weighted by atomic mass is 9.95. The molecule has 38 heavy (non-hydrogen) atoms. The van der Waals surface area contributed by atoms with Crippen LogP contribution in [0.4, 0.5) is 10.8 Å². The van der Waals surface area contributed by atoms with Gasteiger partial charge in [-0.25, -0.2) is 9.78 Å². The number of ether oxygens (including phenoxy) is 1. The molecule has 2 aromatic heterocycles. The van der Waals surface area contributed by atoms with Crippen LogP contribution >= 0.6 is 11.3 Å². The molecule has 1 unspecified atom stereocenters. The standard InChI is InChI=1S/C28H25N3O6S/c1-5-36-27(35)25-15(2)29-28(38-25)31-22(16-10-12-18(13-11-16)30(3)4)21(24(33)26(31)34)23(32)20-14-17-8-6-7-9-19(17)37-20/h6-14,22,33H,5H2,1-4H3. The third kappa shape index (κ3) is 4.22. The van der Waals surface area contributed by atoms with Crippen molar-refractivity contribution in [2.24, 2.45) is 0 Å². The van der Waals surface area contributed by atoms with E-state index in [4.69, 9.17) is 9.15 Å². The van der Waals surface area contributed by atoms with Gasteiger partial charge in [0.15, 0.2) is 16.7 Å². The third-order valence-electron chi connectivity index (χ3n) is 6.28. The van der Waals surface area contributed by atoms with Crippen LogP contribution in [0.25, 0.3) is 11.0 Å². The van der Waals surface area contributed by atoms with Crippen molar-refractivity contribution in [3.05, 3.63) is 87.8 Å². The molecule has 5 rings (SSSR count). The molecule has 9 nitrogen and oxygen atoms in total. The normalized spacial score (nSPS) is 15.4. The number of nitrogens with zero attached hydrogens (tertiary/aromatic N) is 3. The molecule has 0 bridgehead atoms. The number of ketones is 1. The SMILES string of the molecule is CCOC(=O)c1sc(N2C(=O)C(O)=C(C(=O)c3cc4ccccc4o3)C2c2ccc(N(C)C)cc2)nc1C. The van der Waals surface area contributed by atoms with Gasteiger partial charge >= 0.3 is 5.97 Å². The summed E-state index contributed by atoms with van der Waals surface area (Å²) < 4.78 is 10.9. The highest BCUT2D eigenvalue weighted by atomic mass is 32.1. The molecule has 0 radical (unpaired) electrons. The number of aliphatic hydroxyl groups excluding tert-OH is 1. The monoisotopic (exact) mass is 531 g/mol. The Kier molecular flexibility index (Phi) is 6.50. The van der Waals surface area contributed by atoms with Gasteiger partial charge in [-0.3, -0.25) is 14.5 Å². The summed E-state index contributed by atoms with van der Waals surface area (Å²) in [6.07, 6.45) is 0. The van der Waals surface area contributed by atoms with Crippen molar-refractivity contribution in [2.45, 2.75) is 19.9 Å². The Morgan fingerprint density at radius 2 is 1.87 bits per heavy atom. The summed E-state index contributed by atoms with van der Waals surface area (Å²) in [6, 6.07) is 15.0. The molecule has 10 heteroatoms. The molecule has 0 spiro atoms. The van der Waals surface area contributed by atoms with Crippen LogP contribution in [-0.4, -0.2) is 48.5 Å². The van der Waals surface area contributed by atoms with Gasteiger partial charge in [0, 0.05) is 25.2 Å². The van der Waals surface area contributed by atoms with Crippen molar-refractivity contribution < 1.29 is 28.6 Å². The number of thiazole rings is 1. The first-order chi connectivity index (χ1) is 18.2. The van der Waals surface area contributed by atoms with E-state index >= 15 is 0 Å². The Morgan fingerprint density at radius 3 is 2.53 bits per heavy atom. The number of carbonyl (C=O) groups excluding carboxylic acids is 3. The number of aromatic nitrogens is 1. The van der Waals surface area contributed by atoms with Gasteiger partial charge in [0.2, 0.25) is 5.78 Å². The number of amides is 1. The molecule has 0 aliphatic carbocycles. The predicted octanol–water partition coefficient (Wildman–Crippen LogP) is 5.22. The lowest BCUT2D eigenvalue weighted by Crippen LogP contribution is -2.31. The molecule has 1 amide bonds. The molecule has 1 N–H and O–H groups in total. The van der Waals surface area contributed by atoms with Crippen molar-refractivity contribution in [2.75, 3.05) is 30.5 Å². The van der Waals surface area contributed by atoms with Gasteiger partial charge in [-0.1, -0.05) is 41.7 Å². The number of anilines is 2. The summed E-state index contributed by atoms with van der Waals surface area (Å²) in [7, 11) is 3.80. The number of para-hydroxylation sites is 1. The molecule has 3 heterocycles. The lowest BCUT2D eigenvalue weighted by Gasteiger charge is -2.25. The molecule has 0 saturated carbocycles. The van der Waals surface area contributed by atoms with Gasteiger partial charge < -0.3 is 19.2 Å². The molecule has 194 valence electrons. The number of Topliss-reactive ketones (excluding diaryl/α,β-unsaturated/α-hetero) is 1. The fourth-order valence-corrected chi connectivity index (χ4v) is 5.39. The average Bonchev–Trinajstić information content (AvgIpc) is 3.58. The van der Waals surface area contributed by atoms with E-state index in [2.05, 4.69) is 4.98 Å². The molecular formula is C28H25N3O6S. The molecule has 1 atom stereocenters. The Balaban J connectivity index is 1.63. The number of hydrogen-bond acceptors (Lipinski definition) is 9. The molecule has 4 aromatic rings. The van der Waals surface area contributed by atoms with E-state index < -0.39 is 29.5 Å². The summed E-state index contributed by atoms with van der Waals surface area (Å²) in [5.41, 5.74) is 2.26. The largest absolute Gasteiger partial charge is 0.503 e. The third-order valence-corrected chi connectivity index (χ3v) is 7.42. The Labute approximate surface area is 222 Å². The lowest BCUT2D eigenvalue weighted by molar-refractivity contribution is -0.117.